The number of hydrogen-bond acceptors (Lipinski definition) is 6. The Hall–Kier alpha value is -2.24. The van der Waals surface area contributed by atoms with Gasteiger partial charge in [-0.1, -0.05) is 0 Å². The molecule has 2 aromatic rings. The molecule has 2 aromatic heterocycles. The maximum atomic E-state index is 5.41. The molecule has 0 aliphatic carbocycles. The van der Waals surface area contributed by atoms with Crippen molar-refractivity contribution in [3.05, 3.63) is 35.9 Å². The fourth-order valence-corrected chi connectivity index (χ4v) is 1.50. The van der Waals surface area contributed by atoms with Gasteiger partial charge in [0, 0.05) is 6.20 Å². The molecule has 2 rings (SSSR count). The summed E-state index contributed by atoms with van der Waals surface area (Å²) in [4.78, 5) is 8.27. The molecular formula is C12H15N5O. The molecule has 0 aliphatic rings. The first-order chi connectivity index (χ1) is 8.81. The van der Waals surface area contributed by atoms with Crippen molar-refractivity contribution in [1.82, 2.24) is 20.2 Å². The minimum atomic E-state index is 0.567. The van der Waals surface area contributed by atoms with Crippen LogP contribution in [-0.2, 0) is 6.54 Å². The highest BCUT2D eigenvalue weighted by Crippen LogP contribution is 2.20. The summed E-state index contributed by atoms with van der Waals surface area (Å²) in [5, 5.41) is 11.0. The first-order valence-electron chi connectivity index (χ1n) is 5.76. The van der Waals surface area contributed by atoms with Crippen molar-refractivity contribution in [2.45, 2.75) is 20.4 Å². The van der Waals surface area contributed by atoms with E-state index in [1.54, 1.807) is 6.20 Å². The Labute approximate surface area is 105 Å². The van der Waals surface area contributed by atoms with Crippen LogP contribution in [0.25, 0.3) is 0 Å². The molecule has 0 aliphatic heterocycles. The third-order valence-corrected chi connectivity index (χ3v) is 2.38. The van der Waals surface area contributed by atoms with Crippen LogP contribution in [0, 0.1) is 6.92 Å². The van der Waals surface area contributed by atoms with Crippen LogP contribution in [0.1, 0.15) is 18.2 Å². The Morgan fingerprint density at radius 3 is 2.94 bits per heavy atom. The molecule has 0 saturated carbocycles. The van der Waals surface area contributed by atoms with Gasteiger partial charge in [-0.25, -0.2) is 9.97 Å². The summed E-state index contributed by atoms with van der Waals surface area (Å²) in [7, 11) is 0. The Morgan fingerprint density at radius 1 is 1.33 bits per heavy atom. The fourth-order valence-electron chi connectivity index (χ4n) is 1.50. The van der Waals surface area contributed by atoms with Gasteiger partial charge in [0.1, 0.15) is 12.1 Å². The van der Waals surface area contributed by atoms with Crippen LogP contribution < -0.4 is 10.1 Å². The lowest BCUT2D eigenvalue weighted by atomic mass is 10.3. The molecule has 1 N–H and O–H groups in total. The summed E-state index contributed by atoms with van der Waals surface area (Å²) in [5.41, 5.74) is 1.75. The van der Waals surface area contributed by atoms with E-state index in [0.29, 0.717) is 19.0 Å². The molecule has 18 heavy (non-hydrogen) atoms. The van der Waals surface area contributed by atoms with Crippen molar-refractivity contribution in [1.29, 1.82) is 0 Å². The molecule has 0 atom stereocenters. The van der Waals surface area contributed by atoms with Crippen molar-refractivity contribution in [3.8, 4) is 5.88 Å². The zero-order chi connectivity index (χ0) is 12.8. The number of aromatic nitrogens is 4. The molecule has 0 fully saturated rings. The van der Waals surface area contributed by atoms with E-state index in [0.717, 1.165) is 17.1 Å². The van der Waals surface area contributed by atoms with Crippen LogP contribution >= 0.6 is 0 Å². The van der Waals surface area contributed by atoms with E-state index in [1.807, 2.05) is 26.0 Å². The summed E-state index contributed by atoms with van der Waals surface area (Å²) in [5.74, 6) is 1.35. The van der Waals surface area contributed by atoms with Gasteiger partial charge in [-0.2, -0.15) is 10.2 Å². The van der Waals surface area contributed by atoms with Crippen molar-refractivity contribution in [2.75, 3.05) is 11.9 Å². The van der Waals surface area contributed by atoms with Gasteiger partial charge < -0.3 is 10.1 Å². The lowest BCUT2D eigenvalue weighted by molar-refractivity contribution is 0.324. The second-order valence-electron chi connectivity index (χ2n) is 3.65. The van der Waals surface area contributed by atoms with Crippen LogP contribution in [0.3, 0.4) is 0 Å². The van der Waals surface area contributed by atoms with E-state index >= 15 is 0 Å². The quantitative estimate of drug-likeness (QED) is 0.862. The van der Waals surface area contributed by atoms with Crippen molar-refractivity contribution < 1.29 is 4.74 Å². The molecule has 0 radical (unpaired) electrons. The predicted octanol–water partition coefficient (Wildman–Crippen LogP) is 1.59. The highest BCUT2D eigenvalue weighted by atomic mass is 16.5. The Kier molecular flexibility index (Phi) is 4.01. The molecule has 94 valence electrons. The standard InChI is InChI=1S/C12H15N5O/c1-3-18-12-9(2)11(14-8-15-12)13-7-10-5-4-6-16-17-10/h4-6,8H,3,7H2,1-2H3,(H,13,14,15). The maximum Gasteiger partial charge on any atom is 0.221 e. The largest absolute Gasteiger partial charge is 0.478 e. The highest BCUT2D eigenvalue weighted by Gasteiger charge is 2.07. The van der Waals surface area contributed by atoms with Crippen LogP contribution in [0.2, 0.25) is 0 Å². The first kappa shape index (κ1) is 12.2. The molecular weight excluding hydrogens is 230 g/mol. The molecule has 6 nitrogen and oxygen atoms in total. The zero-order valence-corrected chi connectivity index (χ0v) is 10.4. The van der Waals surface area contributed by atoms with Crippen molar-refractivity contribution in [2.24, 2.45) is 0 Å². The normalized spacial score (nSPS) is 10.1. The second-order valence-corrected chi connectivity index (χ2v) is 3.65. The van der Waals surface area contributed by atoms with E-state index in [-0.39, 0.29) is 0 Å². The van der Waals surface area contributed by atoms with Gasteiger partial charge in [0.2, 0.25) is 5.88 Å². The monoisotopic (exact) mass is 245 g/mol. The van der Waals surface area contributed by atoms with Crippen LogP contribution in [-0.4, -0.2) is 26.8 Å². The van der Waals surface area contributed by atoms with E-state index < -0.39 is 0 Å². The van der Waals surface area contributed by atoms with Gasteiger partial charge in [0.25, 0.3) is 0 Å². The lowest BCUT2D eigenvalue weighted by Gasteiger charge is -2.10. The first-order valence-corrected chi connectivity index (χ1v) is 5.76. The molecule has 0 saturated heterocycles. The number of anilines is 1. The van der Waals surface area contributed by atoms with Crippen molar-refractivity contribution >= 4 is 5.82 Å². The molecule has 0 amide bonds. The number of nitrogens with one attached hydrogen (secondary N) is 1. The van der Waals surface area contributed by atoms with Gasteiger partial charge in [0.15, 0.2) is 0 Å². The molecule has 0 aromatic carbocycles. The lowest BCUT2D eigenvalue weighted by Crippen LogP contribution is -2.07. The minimum Gasteiger partial charge on any atom is -0.478 e. The topological polar surface area (TPSA) is 72.8 Å². The van der Waals surface area contributed by atoms with Gasteiger partial charge in [-0.15, -0.1) is 0 Å². The van der Waals surface area contributed by atoms with Crippen LogP contribution in [0.4, 0.5) is 5.82 Å². The molecule has 2 heterocycles. The number of rotatable bonds is 5. The Balaban J connectivity index is 2.08. The third-order valence-electron chi connectivity index (χ3n) is 2.38. The highest BCUT2D eigenvalue weighted by molar-refractivity contribution is 5.47. The molecule has 0 bridgehead atoms. The SMILES string of the molecule is CCOc1ncnc(NCc2cccnn2)c1C. The average Bonchev–Trinajstić information content (AvgIpc) is 2.41. The fraction of sp³-hybridized carbons (Fsp3) is 0.333. The Morgan fingerprint density at radius 2 is 2.22 bits per heavy atom. The minimum absolute atomic E-state index is 0.567. The van der Waals surface area contributed by atoms with Gasteiger partial charge in [-0.3, -0.25) is 0 Å². The summed E-state index contributed by atoms with van der Waals surface area (Å²) in [6.45, 7) is 5.00. The van der Waals surface area contributed by atoms with E-state index in [1.165, 1.54) is 6.33 Å². The van der Waals surface area contributed by atoms with E-state index in [2.05, 4.69) is 25.5 Å². The number of hydrogen-bond donors (Lipinski definition) is 1. The number of ether oxygens (including phenoxy) is 1. The maximum absolute atomic E-state index is 5.41. The predicted molar refractivity (Wildman–Crippen MR) is 67.3 cm³/mol. The summed E-state index contributed by atoms with van der Waals surface area (Å²) >= 11 is 0. The molecule has 0 spiro atoms. The van der Waals surface area contributed by atoms with Gasteiger partial charge in [-0.05, 0) is 26.0 Å². The Bertz CT molecular complexity index is 503. The van der Waals surface area contributed by atoms with Crippen molar-refractivity contribution in [3.63, 3.8) is 0 Å². The smallest absolute Gasteiger partial charge is 0.221 e. The van der Waals surface area contributed by atoms with E-state index in [9.17, 15) is 0 Å². The van der Waals surface area contributed by atoms with Gasteiger partial charge in [0.05, 0.1) is 24.4 Å². The van der Waals surface area contributed by atoms with Crippen LogP contribution in [0.15, 0.2) is 24.7 Å². The summed E-state index contributed by atoms with van der Waals surface area (Å²) < 4.78 is 5.41. The second kappa shape index (κ2) is 5.90. The zero-order valence-electron chi connectivity index (χ0n) is 10.4. The average molecular weight is 245 g/mol. The van der Waals surface area contributed by atoms with Gasteiger partial charge >= 0.3 is 0 Å². The van der Waals surface area contributed by atoms with E-state index in [4.69, 9.17) is 4.74 Å². The van der Waals surface area contributed by atoms with Crippen LogP contribution in [0.5, 0.6) is 5.88 Å². The summed E-state index contributed by atoms with van der Waals surface area (Å²) in [6, 6.07) is 3.75. The number of nitrogens with zero attached hydrogens (tertiary/aromatic N) is 4. The summed E-state index contributed by atoms with van der Waals surface area (Å²) in [6.07, 6.45) is 3.13. The molecule has 6 heteroatoms. The third kappa shape index (κ3) is 2.91. The molecule has 0 unspecified atom stereocenters.